The SMILES string of the molecule is O=C(O)c1ccc(Br)cc1SCOCc1ccccc1. The number of aromatic carboxylic acids is 1. The highest BCUT2D eigenvalue weighted by molar-refractivity contribution is 9.10. The molecule has 0 saturated heterocycles. The van der Waals surface area contributed by atoms with Crippen molar-refractivity contribution >= 4 is 33.7 Å². The van der Waals surface area contributed by atoms with Crippen molar-refractivity contribution in [2.75, 3.05) is 5.94 Å². The summed E-state index contributed by atoms with van der Waals surface area (Å²) < 4.78 is 6.41. The molecule has 0 radical (unpaired) electrons. The Bertz CT molecular complexity index is 587. The molecular weight excluding hydrogens is 340 g/mol. The van der Waals surface area contributed by atoms with Gasteiger partial charge in [0, 0.05) is 9.37 Å². The number of benzene rings is 2. The molecule has 2 rings (SSSR count). The molecule has 0 aliphatic heterocycles. The van der Waals surface area contributed by atoms with E-state index < -0.39 is 5.97 Å². The summed E-state index contributed by atoms with van der Waals surface area (Å²) in [6, 6.07) is 15.0. The van der Waals surface area contributed by atoms with Gasteiger partial charge in [0.05, 0.1) is 18.1 Å². The van der Waals surface area contributed by atoms with E-state index in [1.807, 2.05) is 30.3 Å². The van der Waals surface area contributed by atoms with Crippen molar-refractivity contribution in [1.82, 2.24) is 0 Å². The maximum atomic E-state index is 11.1. The molecule has 3 nitrogen and oxygen atoms in total. The number of thioether (sulfide) groups is 1. The van der Waals surface area contributed by atoms with Crippen LogP contribution in [0.1, 0.15) is 15.9 Å². The quantitative estimate of drug-likeness (QED) is 0.475. The summed E-state index contributed by atoms with van der Waals surface area (Å²) in [7, 11) is 0. The first-order valence-electron chi connectivity index (χ1n) is 5.94. The minimum absolute atomic E-state index is 0.293. The van der Waals surface area contributed by atoms with Crippen LogP contribution in [0.5, 0.6) is 0 Å². The molecule has 1 N–H and O–H groups in total. The summed E-state index contributed by atoms with van der Waals surface area (Å²) >= 11 is 4.72. The minimum atomic E-state index is -0.928. The van der Waals surface area contributed by atoms with Crippen molar-refractivity contribution in [3.63, 3.8) is 0 Å². The molecule has 0 fully saturated rings. The zero-order valence-electron chi connectivity index (χ0n) is 10.6. The van der Waals surface area contributed by atoms with Gasteiger partial charge < -0.3 is 9.84 Å². The van der Waals surface area contributed by atoms with Crippen LogP contribution < -0.4 is 0 Å². The minimum Gasteiger partial charge on any atom is -0.478 e. The highest BCUT2D eigenvalue weighted by Crippen LogP contribution is 2.27. The second kappa shape index (κ2) is 7.47. The van der Waals surface area contributed by atoms with E-state index in [2.05, 4.69) is 15.9 Å². The van der Waals surface area contributed by atoms with Crippen LogP contribution in [0.25, 0.3) is 0 Å². The molecule has 0 spiro atoms. The van der Waals surface area contributed by atoms with Crippen LogP contribution in [-0.2, 0) is 11.3 Å². The van der Waals surface area contributed by atoms with Gasteiger partial charge in [0.2, 0.25) is 0 Å². The Morgan fingerprint density at radius 2 is 1.95 bits per heavy atom. The molecule has 0 saturated carbocycles. The monoisotopic (exact) mass is 352 g/mol. The molecule has 0 atom stereocenters. The Hall–Kier alpha value is -1.30. The average molecular weight is 353 g/mol. The van der Waals surface area contributed by atoms with Gasteiger partial charge in [-0.05, 0) is 23.8 Å². The largest absolute Gasteiger partial charge is 0.478 e. The number of ether oxygens (including phenoxy) is 1. The van der Waals surface area contributed by atoms with Crippen LogP contribution in [0.3, 0.4) is 0 Å². The van der Waals surface area contributed by atoms with E-state index in [0.717, 1.165) is 10.0 Å². The van der Waals surface area contributed by atoms with Crippen LogP contribution >= 0.6 is 27.7 Å². The number of halogens is 1. The number of hydrogen-bond donors (Lipinski definition) is 1. The van der Waals surface area contributed by atoms with Gasteiger partial charge >= 0.3 is 5.97 Å². The summed E-state index contributed by atoms with van der Waals surface area (Å²) in [5.74, 6) is -0.519. The van der Waals surface area contributed by atoms with Crippen LogP contribution in [0.4, 0.5) is 0 Å². The Balaban J connectivity index is 1.91. The molecule has 0 heterocycles. The number of carbonyl (C=O) groups is 1. The first-order valence-corrected chi connectivity index (χ1v) is 7.72. The van der Waals surface area contributed by atoms with Crippen molar-refractivity contribution in [1.29, 1.82) is 0 Å². The summed E-state index contributed by atoms with van der Waals surface area (Å²) in [6.07, 6.45) is 0. The zero-order valence-corrected chi connectivity index (χ0v) is 13.0. The fourth-order valence-electron chi connectivity index (χ4n) is 1.63. The van der Waals surface area contributed by atoms with Crippen molar-refractivity contribution in [2.24, 2.45) is 0 Å². The lowest BCUT2D eigenvalue weighted by molar-refractivity contribution is 0.0693. The number of carboxylic acids is 1. The molecule has 0 aliphatic rings. The lowest BCUT2D eigenvalue weighted by Gasteiger charge is -2.07. The Labute approximate surface area is 130 Å². The van der Waals surface area contributed by atoms with Gasteiger partial charge in [-0.15, -0.1) is 0 Å². The molecule has 0 unspecified atom stereocenters. The van der Waals surface area contributed by atoms with E-state index in [1.54, 1.807) is 18.2 Å². The van der Waals surface area contributed by atoms with Gasteiger partial charge in [0.25, 0.3) is 0 Å². The highest BCUT2D eigenvalue weighted by atomic mass is 79.9. The lowest BCUT2D eigenvalue weighted by atomic mass is 10.2. The van der Waals surface area contributed by atoms with E-state index in [9.17, 15) is 4.79 Å². The van der Waals surface area contributed by atoms with Gasteiger partial charge in [0.15, 0.2) is 0 Å². The molecular formula is C15H13BrO3S. The van der Waals surface area contributed by atoms with Gasteiger partial charge in [0.1, 0.15) is 0 Å². The molecule has 0 bridgehead atoms. The molecule has 2 aromatic rings. The van der Waals surface area contributed by atoms with Crippen LogP contribution in [-0.4, -0.2) is 17.0 Å². The standard InChI is InChI=1S/C15H13BrO3S/c16-12-6-7-13(15(17)18)14(8-12)20-10-19-9-11-4-2-1-3-5-11/h1-8H,9-10H2,(H,17,18). The topological polar surface area (TPSA) is 46.5 Å². The summed E-state index contributed by atoms with van der Waals surface area (Å²) in [5, 5.41) is 9.12. The normalized spacial score (nSPS) is 10.4. The second-order valence-electron chi connectivity index (χ2n) is 4.04. The predicted octanol–water partition coefficient (Wildman–Crippen LogP) is 4.41. The molecule has 104 valence electrons. The highest BCUT2D eigenvalue weighted by Gasteiger charge is 2.10. The van der Waals surface area contributed by atoms with Crippen molar-refractivity contribution in [2.45, 2.75) is 11.5 Å². The molecule has 0 amide bonds. The number of rotatable bonds is 6. The van der Waals surface area contributed by atoms with Crippen LogP contribution in [0.2, 0.25) is 0 Å². The maximum Gasteiger partial charge on any atom is 0.336 e. The number of hydrogen-bond acceptors (Lipinski definition) is 3. The van der Waals surface area contributed by atoms with E-state index in [1.165, 1.54) is 11.8 Å². The van der Waals surface area contributed by atoms with Gasteiger partial charge in [-0.25, -0.2) is 4.79 Å². The van der Waals surface area contributed by atoms with E-state index in [0.29, 0.717) is 23.0 Å². The third-order valence-corrected chi connectivity index (χ3v) is 4.01. The Morgan fingerprint density at radius 1 is 1.20 bits per heavy atom. The summed E-state index contributed by atoms with van der Waals surface area (Å²) in [5.41, 5.74) is 1.39. The first kappa shape index (κ1) is 15.1. The van der Waals surface area contributed by atoms with E-state index in [-0.39, 0.29) is 0 Å². The zero-order chi connectivity index (χ0) is 14.4. The maximum absolute atomic E-state index is 11.1. The third kappa shape index (κ3) is 4.37. The molecule has 5 heteroatoms. The summed E-state index contributed by atoms with van der Waals surface area (Å²) in [6.45, 7) is 0.518. The van der Waals surface area contributed by atoms with Crippen molar-refractivity contribution in [3.05, 3.63) is 64.1 Å². The van der Waals surface area contributed by atoms with Crippen LogP contribution in [0, 0.1) is 0 Å². The smallest absolute Gasteiger partial charge is 0.336 e. The predicted molar refractivity (Wildman–Crippen MR) is 83.1 cm³/mol. The fraction of sp³-hybridized carbons (Fsp3) is 0.133. The molecule has 2 aromatic carbocycles. The molecule has 0 aliphatic carbocycles. The molecule has 20 heavy (non-hydrogen) atoms. The van der Waals surface area contributed by atoms with E-state index in [4.69, 9.17) is 9.84 Å². The Morgan fingerprint density at radius 3 is 2.65 bits per heavy atom. The van der Waals surface area contributed by atoms with E-state index >= 15 is 0 Å². The lowest BCUT2D eigenvalue weighted by Crippen LogP contribution is -2.00. The second-order valence-corrected chi connectivity index (χ2v) is 5.92. The molecule has 0 aromatic heterocycles. The first-order chi connectivity index (χ1) is 9.66. The van der Waals surface area contributed by atoms with Crippen molar-refractivity contribution in [3.8, 4) is 0 Å². The van der Waals surface area contributed by atoms with Gasteiger partial charge in [-0.2, -0.15) is 0 Å². The van der Waals surface area contributed by atoms with Crippen LogP contribution in [0.15, 0.2) is 57.9 Å². The fourth-order valence-corrected chi connectivity index (χ4v) is 2.96. The van der Waals surface area contributed by atoms with Gasteiger partial charge in [-0.1, -0.05) is 58.0 Å². The third-order valence-electron chi connectivity index (χ3n) is 2.58. The average Bonchev–Trinajstić information content (AvgIpc) is 2.44. The van der Waals surface area contributed by atoms with Crippen molar-refractivity contribution < 1.29 is 14.6 Å². The Kier molecular flexibility index (Phi) is 5.64. The van der Waals surface area contributed by atoms with Gasteiger partial charge in [-0.3, -0.25) is 0 Å². The summed E-state index contributed by atoms with van der Waals surface area (Å²) in [4.78, 5) is 11.8. The number of carboxylic acid groups (broad SMARTS) is 1.